The zero-order valence-corrected chi connectivity index (χ0v) is 28.4. The number of fused-ring (bicyclic) bond motifs is 5. The summed E-state index contributed by atoms with van der Waals surface area (Å²) in [5.74, 6) is 5.31. The Morgan fingerprint density at radius 3 is 2.30 bits per heavy atom. The molecule has 0 aromatic heterocycles. The zero-order chi connectivity index (χ0) is 27.2. The van der Waals surface area contributed by atoms with Gasteiger partial charge in [0.1, 0.15) is 0 Å². The fourth-order valence-electron chi connectivity index (χ4n) is 9.67. The monoisotopic (exact) mass is 546 g/mol. The summed E-state index contributed by atoms with van der Waals surface area (Å²) in [7, 11) is -2.85. The maximum absolute atomic E-state index is 6.60. The van der Waals surface area contributed by atoms with E-state index >= 15 is 0 Å². The lowest BCUT2D eigenvalue weighted by Gasteiger charge is -2.58. The quantitative estimate of drug-likeness (QED) is 0.200. The Hall–Kier alpha value is 0.0938. The van der Waals surface area contributed by atoms with Crippen molar-refractivity contribution in [2.45, 2.75) is 144 Å². The molecule has 4 aliphatic rings. The second-order valence-corrected chi connectivity index (χ2v) is 25.5. The van der Waals surface area contributed by atoms with Gasteiger partial charge < -0.3 is 8.85 Å². The third kappa shape index (κ3) is 6.71. The van der Waals surface area contributed by atoms with Gasteiger partial charge in [0.2, 0.25) is 0 Å². The third-order valence-corrected chi connectivity index (χ3v) is 13.6. The van der Waals surface area contributed by atoms with Gasteiger partial charge in [0.05, 0.1) is 0 Å². The summed E-state index contributed by atoms with van der Waals surface area (Å²) in [4.78, 5) is 0. The maximum Gasteiger partial charge on any atom is 0.184 e. The molecule has 3 saturated carbocycles. The van der Waals surface area contributed by atoms with Gasteiger partial charge in [-0.3, -0.25) is 0 Å². The van der Waals surface area contributed by atoms with Gasteiger partial charge in [-0.15, -0.1) is 0 Å². The molecule has 4 aliphatic carbocycles. The Balaban J connectivity index is 1.35. The molecule has 4 heteroatoms. The summed E-state index contributed by atoms with van der Waals surface area (Å²) in [6.07, 6.45) is 18.5. The Bertz CT molecular complexity index is 810. The maximum atomic E-state index is 6.60. The second kappa shape index (κ2) is 11.2. The molecule has 8 unspecified atom stereocenters. The van der Waals surface area contributed by atoms with E-state index in [2.05, 4.69) is 73.1 Å². The molecule has 4 rings (SSSR count). The Labute approximate surface area is 233 Å². The molecule has 0 N–H and O–H groups in total. The van der Waals surface area contributed by atoms with Crippen molar-refractivity contribution in [2.24, 2.45) is 46.3 Å². The van der Waals surface area contributed by atoms with E-state index in [0.717, 1.165) is 36.2 Å². The smallest absolute Gasteiger partial charge is 0.184 e. The van der Waals surface area contributed by atoms with Crippen molar-refractivity contribution in [1.29, 1.82) is 0 Å². The topological polar surface area (TPSA) is 18.5 Å². The normalized spacial score (nSPS) is 39.8. The molecule has 0 heterocycles. The van der Waals surface area contributed by atoms with Crippen LogP contribution >= 0.6 is 0 Å². The molecule has 0 aromatic carbocycles. The summed E-state index contributed by atoms with van der Waals surface area (Å²) >= 11 is 0. The van der Waals surface area contributed by atoms with Crippen LogP contribution in [0.25, 0.3) is 0 Å². The van der Waals surface area contributed by atoms with Crippen molar-refractivity contribution < 1.29 is 8.85 Å². The van der Waals surface area contributed by atoms with E-state index in [1.54, 1.807) is 5.57 Å². The molecule has 0 aliphatic heterocycles. The summed E-state index contributed by atoms with van der Waals surface area (Å²) in [6, 6.07) is 0. The van der Waals surface area contributed by atoms with Crippen molar-refractivity contribution >= 4 is 16.6 Å². The summed E-state index contributed by atoms with van der Waals surface area (Å²) < 4.78 is 12.8. The van der Waals surface area contributed by atoms with Gasteiger partial charge in [-0.1, -0.05) is 52.2 Å². The van der Waals surface area contributed by atoms with Crippen molar-refractivity contribution in [3.63, 3.8) is 0 Å². The SMILES string of the molecule is CC(CCCC(C)C1CCC2C3CC=C4C[C@@H](O[Si](C)(C)C)CCC4(C)C3CCC12C)CO[Si](C)(C)C. The van der Waals surface area contributed by atoms with E-state index in [9.17, 15) is 0 Å². The molecule has 0 amide bonds. The lowest BCUT2D eigenvalue weighted by Crippen LogP contribution is -2.51. The lowest BCUT2D eigenvalue weighted by atomic mass is 9.47. The van der Waals surface area contributed by atoms with Gasteiger partial charge >= 0.3 is 0 Å². The predicted octanol–water partition coefficient (Wildman–Crippen LogP) is 10.1. The molecule has 3 fully saturated rings. The number of hydrogen-bond donors (Lipinski definition) is 0. The van der Waals surface area contributed by atoms with Gasteiger partial charge in [-0.05, 0) is 143 Å². The molecule has 2 nitrogen and oxygen atoms in total. The molecule has 0 saturated heterocycles. The molecule has 0 bridgehead atoms. The fourth-order valence-corrected chi connectivity index (χ4v) is 11.7. The Morgan fingerprint density at radius 1 is 0.892 bits per heavy atom. The van der Waals surface area contributed by atoms with Crippen LogP contribution in [0.1, 0.15) is 98.3 Å². The van der Waals surface area contributed by atoms with E-state index in [-0.39, 0.29) is 0 Å². The van der Waals surface area contributed by atoms with Crippen molar-refractivity contribution in [1.82, 2.24) is 0 Å². The van der Waals surface area contributed by atoms with Crippen LogP contribution < -0.4 is 0 Å². The first-order valence-electron chi connectivity index (χ1n) is 16.1. The van der Waals surface area contributed by atoms with Crippen molar-refractivity contribution in [2.75, 3.05) is 6.61 Å². The van der Waals surface area contributed by atoms with Gasteiger partial charge in [0, 0.05) is 12.7 Å². The fraction of sp³-hybridized carbons (Fsp3) is 0.939. The molecule has 0 aromatic rings. The molecule has 37 heavy (non-hydrogen) atoms. The van der Waals surface area contributed by atoms with E-state index in [0.29, 0.717) is 22.9 Å². The average molecular weight is 547 g/mol. The van der Waals surface area contributed by atoms with Crippen LogP contribution in [0.3, 0.4) is 0 Å². The highest BCUT2D eigenvalue weighted by Crippen LogP contribution is 2.67. The summed E-state index contributed by atoms with van der Waals surface area (Å²) in [5.41, 5.74) is 2.80. The second-order valence-electron chi connectivity index (χ2n) is 16.5. The van der Waals surface area contributed by atoms with Crippen molar-refractivity contribution in [3.8, 4) is 0 Å². The van der Waals surface area contributed by atoms with Crippen LogP contribution in [-0.2, 0) is 8.85 Å². The number of rotatable bonds is 10. The molecular formula is C33H62O2Si2. The number of allylic oxidation sites excluding steroid dienone is 1. The first-order chi connectivity index (χ1) is 17.1. The summed E-state index contributed by atoms with van der Waals surface area (Å²) in [5, 5.41) is 0. The lowest BCUT2D eigenvalue weighted by molar-refractivity contribution is -0.0563. The molecule has 0 spiro atoms. The van der Waals surface area contributed by atoms with E-state index in [1.165, 1.54) is 70.6 Å². The van der Waals surface area contributed by atoms with Crippen molar-refractivity contribution in [3.05, 3.63) is 11.6 Å². The Morgan fingerprint density at radius 2 is 1.62 bits per heavy atom. The van der Waals surface area contributed by atoms with Gasteiger partial charge in [0.15, 0.2) is 16.6 Å². The van der Waals surface area contributed by atoms with E-state index in [1.807, 2.05) is 0 Å². The average Bonchev–Trinajstić information content (AvgIpc) is 3.14. The minimum Gasteiger partial charge on any atom is -0.417 e. The highest BCUT2D eigenvalue weighted by molar-refractivity contribution is 6.70. The van der Waals surface area contributed by atoms with Crippen LogP contribution in [0.4, 0.5) is 0 Å². The van der Waals surface area contributed by atoms with Crippen LogP contribution in [0.2, 0.25) is 39.3 Å². The highest BCUT2D eigenvalue weighted by Gasteiger charge is 2.59. The molecular weight excluding hydrogens is 485 g/mol. The van der Waals surface area contributed by atoms with E-state index in [4.69, 9.17) is 8.85 Å². The largest absolute Gasteiger partial charge is 0.417 e. The first kappa shape index (κ1) is 30.1. The standard InChI is InChI=1S/C33H62O2Si2/c1-24(23-34-36(5,6)7)12-11-13-25(2)29-16-17-30-28-15-14-26-22-27(35-37(8,9)10)18-20-32(26,3)31(28)19-21-33(29,30)4/h14,24-25,27-31H,11-13,15-23H2,1-10H3/t24?,25?,27-,28?,29?,30?,31?,32?,33?/m0/s1. The van der Waals surface area contributed by atoms with Gasteiger partial charge in [0.25, 0.3) is 0 Å². The molecule has 9 atom stereocenters. The highest BCUT2D eigenvalue weighted by atomic mass is 28.4. The third-order valence-electron chi connectivity index (χ3n) is 11.5. The van der Waals surface area contributed by atoms with Gasteiger partial charge in [-0.2, -0.15) is 0 Å². The molecule has 0 radical (unpaired) electrons. The van der Waals surface area contributed by atoms with Crippen LogP contribution in [0.5, 0.6) is 0 Å². The molecule has 214 valence electrons. The van der Waals surface area contributed by atoms with Gasteiger partial charge in [-0.25, -0.2) is 0 Å². The number of hydrogen-bond acceptors (Lipinski definition) is 2. The van der Waals surface area contributed by atoms with Crippen LogP contribution in [0, 0.1) is 46.3 Å². The predicted molar refractivity (Wildman–Crippen MR) is 165 cm³/mol. The van der Waals surface area contributed by atoms with E-state index < -0.39 is 16.6 Å². The minimum atomic E-state index is -1.47. The zero-order valence-electron chi connectivity index (χ0n) is 26.4. The Kier molecular flexibility index (Phi) is 9.07. The summed E-state index contributed by atoms with van der Waals surface area (Å²) in [6.45, 7) is 25.4. The minimum absolute atomic E-state index is 0.446. The van der Waals surface area contributed by atoms with Crippen LogP contribution in [0.15, 0.2) is 11.6 Å². The van der Waals surface area contributed by atoms with Crippen LogP contribution in [-0.4, -0.2) is 29.3 Å². The first-order valence-corrected chi connectivity index (χ1v) is 23.0.